The average molecular weight is 309 g/mol. The summed E-state index contributed by atoms with van der Waals surface area (Å²) in [5.41, 5.74) is 0.434. The Kier molecular flexibility index (Phi) is 4.54. The number of methoxy groups -OCH3 is 1. The summed E-state index contributed by atoms with van der Waals surface area (Å²) in [6.07, 6.45) is 0.630. The number of aryl methyl sites for hydroxylation is 1. The van der Waals surface area contributed by atoms with Gasteiger partial charge in [0.2, 0.25) is 5.82 Å². The minimum absolute atomic E-state index is 0.0114. The van der Waals surface area contributed by atoms with Gasteiger partial charge in [0, 0.05) is 11.4 Å². The van der Waals surface area contributed by atoms with E-state index in [2.05, 4.69) is 25.2 Å². The number of hydrogen-bond acceptors (Lipinski definition) is 5. The normalized spacial score (nSPS) is 10.2. The molecule has 1 amide bonds. The first-order valence-corrected chi connectivity index (χ1v) is 6.53. The van der Waals surface area contributed by atoms with Crippen molar-refractivity contribution in [3.63, 3.8) is 0 Å². The molecule has 1 aromatic carbocycles. The van der Waals surface area contributed by atoms with Gasteiger partial charge in [0.05, 0.1) is 18.4 Å². The average Bonchev–Trinajstić information content (AvgIpc) is 2.95. The zero-order valence-corrected chi connectivity index (χ0v) is 12.2. The van der Waals surface area contributed by atoms with E-state index in [0.717, 1.165) is 0 Å². The number of aromatic nitrogens is 3. The topological polar surface area (TPSA) is 97.0 Å². The molecule has 8 heteroatoms. The number of halogens is 1. The summed E-state index contributed by atoms with van der Waals surface area (Å²) in [6.45, 7) is 1.88. The maximum atomic E-state index is 12.1. The van der Waals surface area contributed by atoms with Crippen LogP contribution in [0.5, 0.6) is 0 Å². The molecule has 0 aliphatic heterocycles. The molecule has 21 heavy (non-hydrogen) atoms. The number of ether oxygens (including phenoxy) is 1. The molecule has 0 bridgehead atoms. The molecule has 0 aliphatic rings. The van der Waals surface area contributed by atoms with E-state index < -0.39 is 11.9 Å². The Morgan fingerprint density at radius 1 is 1.43 bits per heavy atom. The minimum atomic E-state index is -0.578. The summed E-state index contributed by atoms with van der Waals surface area (Å²) in [6, 6.07) is 4.46. The van der Waals surface area contributed by atoms with Gasteiger partial charge < -0.3 is 10.1 Å². The van der Waals surface area contributed by atoms with E-state index in [0.29, 0.717) is 17.3 Å². The Labute approximate surface area is 125 Å². The predicted molar refractivity (Wildman–Crippen MR) is 76.5 cm³/mol. The second-order valence-electron chi connectivity index (χ2n) is 4.09. The molecule has 7 nitrogen and oxygen atoms in total. The summed E-state index contributed by atoms with van der Waals surface area (Å²) in [4.78, 5) is 27.7. The third kappa shape index (κ3) is 3.38. The number of amides is 1. The van der Waals surface area contributed by atoms with Gasteiger partial charge in [-0.2, -0.15) is 0 Å². The van der Waals surface area contributed by atoms with Crippen molar-refractivity contribution < 1.29 is 14.3 Å². The highest BCUT2D eigenvalue weighted by Crippen LogP contribution is 2.22. The molecule has 0 saturated heterocycles. The van der Waals surface area contributed by atoms with Crippen LogP contribution in [0.25, 0.3) is 0 Å². The van der Waals surface area contributed by atoms with Gasteiger partial charge in [0.15, 0.2) is 0 Å². The quantitative estimate of drug-likeness (QED) is 0.843. The Bertz CT molecular complexity index is 684. The van der Waals surface area contributed by atoms with Gasteiger partial charge in [-0.3, -0.25) is 9.89 Å². The van der Waals surface area contributed by atoms with Crippen molar-refractivity contribution in [3.8, 4) is 0 Å². The largest absolute Gasteiger partial charge is 0.465 e. The van der Waals surface area contributed by atoms with Crippen molar-refractivity contribution in [2.24, 2.45) is 0 Å². The highest BCUT2D eigenvalue weighted by Gasteiger charge is 2.17. The molecular weight excluding hydrogens is 296 g/mol. The van der Waals surface area contributed by atoms with Crippen LogP contribution in [0.1, 0.15) is 33.7 Å². The van der Waals surface area contributed by atoms with Crippen LogP contribution in [-0.4, -0.2) is 34.2 Å². The van der Waals surface area contributed by atoms with Gasteiger partial charge in [-0.25, -0.2) is 9.78 Å². The maximum absolute atomic E-state index is 12.1. The monoisotopic (exact) mass is 308 g/mol. The molecule has 0 spiro atoms. The fourth-order valence-corrected chi connectivity index (χ4v) is 1.81. The number of rotatable bonds is 4. The molecule has 2 N–H and O–H groups in total. The SMILES string of the molecule is CCc1nc(C(=O)Nc2cc(Cl)ccc2C(=O)OC)n[nH]1. The van der Waals surface area contributed by atoms with Crippen LogP contribution in [0.3, 0.4) is 0 Å². The molecule has 0 aliphatic carbocycles. The van der Waals surface area contributed by atoms with Gasteiger partial charge in [0.25, 0.3) is 5.91 Å². The fraction of sp³-hybridized carbons (Fsp3) is 0.231. The van der Waals surface area contributed by atoms with Crippen molar-refractivity contribution in [2.45, 2.75) is 13.3 Å². The lowest BCUT2D eigenvalue weighted by atomic mass is 10.2. The van der Waals surface area contributed by atoms with E-state index in [1.807, 2.05) is 6.92 Å². The Balaban J connectivity index is 2.27. The van der Waals surface area contributed by atoms with Crippen LogP contribution in [0.15, 0.2) is 18.2 Å². The van der Waals surface area contributed by atoms with E-state index >= 15 is 0 Å². The van der Waals surface area contributed by atoms with Crippen LogP contribution in [-0.2, 0) is 11.2 Å². The summed E-state index contributed by atoms with van der Waals surface area (Å²) >= 11 is 5.88. The minimum Gasteiger partial charge on any atom is -0.465 e. The molecule has 0 saturated carbocycles. The smallest absolute Gasteiger partial charge is 0.339 e. The van der Waals surface area contributed by atoms with Gasteiger partial charge in [0.1, 0.15) is 5.82 Å². The Hall–Kier alpha value is -2.41. The molecule has 0 radical (unpaired) electrons. The number of aromatic amines is 1. The number of nitrogens with zero attached hydrogens (tertiary/aromatic N) is 2. The third-order valence-electron chi connectivity index (χ3n) is 2.70. The zero-order valence-electron chi connectivity index (χ0n) is 11.4. The second kappa shape index (κ2) is 6.36. The summed E-state index contributed by atoms with van der Waals surface area (Å²) < 4.78 is 4.65. The number of carbonyl (C=O) groups is 2. The van der Waals surface area contributed by atoms with Gasteiger partial charge in [-0.05, 0) is 18.2 Å². The highest BCUT2D eigenvalue weighted by molar-refractivity contribution is 6.31. The first kappa shape index (κ1) is 15.0. The summed E-state index contributed by atoms with van der Waals surface area (Å²) in [5.74, 6) is -0.536. The van der Waals surface area contributed by atoms with Crippen molar-refractivity contribution in [2.75, 3.05) is 12.4 Å². The standard InChI is InChI=1S/C13H13ClN4O3/c1-3-10-16-11(18-17-10)12(19)15-9-6-7(14)4-5-8(9)13(20)21-2/h4-6H,3H2,1-2H3,(H,15,19)(H,16,17,18). The second-order valence-corrected chi connectivity index (χ2v) is 4.53. The van der Waals surface area contributed by atoms with E-state index in [1.54, 1.807) is 0 Å². The van der Waals surface area contributed by atoms with E-state index in [4.69, 9.17) is 11.6 Å². The molecule has 110 valence electrons. The predicted octanol–water partition coefficient (Wildman–Crippen LogP) is 2.06. The van der Waals surface area contributed by atoms with E-state index in [-0.39, 0.29) is 17.1 Å². The van der Waals surface area contributed by atoms with Crippen LogP contribution in [0.4, 0.5) is 5.69 Å². The third-order valence-corrected chi connectivity index (χ3v) is 2.94. The lowest BCUT2D eigenvalue weighted by Gasteiger charge is -2.08. The molecule has 0 atom stereocenters. The van der Waals surface area contributed by atoms with Crippen LogP contribution >= 0.6 is 11.6 Å². The first-order valence-electron chi connectivity index (χ1n) is 6.15. The Morgan fingerprint density at radius 2 is 2.19 bits per heavy atom. The first-order chi connectivity index (χ1) is 10.0. The Morgan fingerprint density at radius 3 is 2.81 bits per heavy atom. The molecule has 0 unspecified atom stereocenters. The number of esters is 1. The number of H-pyrrole nitrogens is 1. The number of nitrogens with one attached hydrogen (secondary N) is 2. The molecule has 2 aromatic rings. The number of carbonyl (C=O) groups excluding carboxylic acids is 2. The highest BCUT2D eigenvalue weighted by atomic mass is 35.5. The van der Waals surface area contributed by atoms with Crippen molar-refractivity contribution >= 4 is 29.2 Å². The van der Waals surface area contributed by atoms with Gasteiger partial charge in [-0.15, -0.1) is 5.10 Å². The van der Waals surface area contributed by atoms with E-state index in [9.17, 15) is 9.59 Å². The lowest BCUT2D eigenvalue weighted by Crippen LogP contribution is -2.17. The maximum Gasteiger partial charge on any atom is 0.339 e. The van der Waals surface area contributed by atoms with E-state index in [1.165, 1.54) is 25.3 Å². The van der Waals surface area contributed by atoms with Crippen molar-refractivity contribution in [1.82, 2.24) is 15.2 Å². The molecule has 1 heterocycles. The van der Waals surface area contributed by atoms with Crippen molar-refractivity contribution in [3.05, 3.63) is 40.4 Å². The zero-order chi connectivity index (χ0) is 15.4. The summed E-state index contributed by atoms with van der Waals surface area (Å²) in [7, 11) is 1.26. The van der Waals surface area contributed by atoms with Crippen molar-refractivity contribution in [1.29, 1.82) is 0 Å². The fourth-order valence-electron chi connectivity index (χ4n) is 1.64. The molecule has 1 aromatic heterocycles. The molecule has 0 fully saturated rings. The van der Waals surface area contributed by atoms with Gasteiger partial charge in [-0.1, -0.05) is 18.5 Å². The van der Waals surface area contributed by atoms with Crippen LogP contribution in [0.2, 0.25) is 5.02 Å². The van der Waals surface area contributed by atoms with Crippen LogP contribution < -0.4 is 5.32 Å². The lowest BCUT2D eigenvalue weighted by molar-refractivity contribution is 0.0602. The number of anilines is 1. The summed E-state index contributed by atoms with van der Waals surface area (Å²) in [5, 5.41) is 9.37. The molecule has 2 rings (SSSR count). The molecular formula is C13H13ClN4O3. The number of benzene rings is 1. The van der Waals surface area contributed by atoms with Crippen LogP contribution in [0, 0.1) is 0 Å². The number of hydrogen-bond donors (Lipinski definition) is 2. The van der Waals surface area contributed by atoms with Gasteiger partial charge >= 0.3 is 5.97 Å².